The lowest BCUT2D eigenvalue weighted by Gasteiger charge is -2.30. The average Bonchev–Trinajstić information content (AvgIpc) is 3.52. The lowest BCUT2D eigenvalue weighted by atomic mass is 9.77. The highest BCUT2D eigenvalue weighted by Gasteiger charge is 2.44. The van der Waals surface area contributed by atoms with E-state index in [1.807, 2.05) is 0 Å². The number of fused-ring (bicyclic) bond motifs is 2. The average molecular weight is 595 g/mol. The fourth-order valence-electron chi connectivity index (χ4n) is 7.00. The number of nitrogens with zero attached hydrogens (tertiary/aromatic N) is 3. The van der Waals surface area contributed by atoms with Gasteiger partial charge in [0.15, 0.2) is 5.71 Å². The van der Waals surface area contributed by atoms with Crippen molar-refractivity contribution >= 4 is 34.9 Å². The molecule has 1 fully saturated rings. The van der Waals surface area contributed by atoms with Crippen LogP contribution in [0.5, 0.6) is 0 Å². The van der Waals surface area contributed by atoms with Gasteiger partial charge in [0.1, 0.15) is 6.54 Å². The summed E-state index contributed by atoms with van der Waals surface area (Å²) >= 11 is 0. The molecule has 3 aliphatic rings. The molecule has 2 aromatic carbocycles. The Kier molecular flexibility index (Phi) is 8.78. The van der Waals surface area contributed by atoms with Gasteiger partial charge in [0, 0.05) is 60.3 Å². The predicted molar refractivity (Wildman–Crippen MR) is 174 cm³/mol. The lowest BCUT2D eigenvalue weighted by molar-refractivity contribution is -0.433. The Hall–Kier alpha value is -4.26. The van der Waals surface area contributed by atoms with Crippen LogP contribution in [0.2, 0.25) is 0 Å². The van der Waals surface area contributed by atoms with E-state index < -0.39 is 17.8 Å². The van der Waals surface area contributed by atoms with E-state index >= 15 is 0 Å². The van der Waals surface area contributed by atoms with Crippen LogP contribution < -0.4 is 4.90 Å². The Labute approximate surface area is 261 Å². The molecule has 0 radical (unpaired) electrons. The van der Waals surface area contributed by atoms with Crippen LogP contribution in [0.15, 0.2) is 78.5 Å². The number of amides is 2. The number of carbonyl (C=O) groups is 3. The number of para-hydroxylation sites is 1. The van der Waals surface area contributed by atoms with Crippen molar-refractivity contribution in [2.45, 2.75) is 84.5 Å². The third-order valence-corrected chi connectivity index (χ3v) is 9.31. The van der Waals surface area contributed by atoms with E-state index in [0.717, 1.165) is 13.1 Å². The highest BCUT2D eigenvalue weighted by atomic mass is 16.7. The van der Waals surface area contributed by atoms with E-state index in [0.29, 0.717) is 17.9 Å². The summed E-state index contributed by atoms with van der Waals surface area (Å²) in [7, 11) is 0. The van der Waals surface area contributed by atoms with Crippen molar-refractivity contribution in [3.8, 4) is 0 Å². The number of benzene rings is 2. The summed E-state index contributed by atoms with van der Waals surface area (Å²) in [4.78, 5) is 43.7. The van der Waals surface area contributed by atoms with Crippen molar-refractivity contribution in [3.05, 3.63) is 95.2 Å². The van der Waals surface area contributed by atoms with Crippen molar-refractivity contribution in [3.63, 3.8) is 0 Å². The smallest absolute Gasteiger partial charge is 0.333 e. The fourth-order valence-corrected chi connectivity index (χ4v) is 7.00. The number of carbonyl (C=O) groups excluding carboxylic acids is 3. The Morgan fingerprint density at radius 1 is 0.977 bits per heavy atom. The van der Waals surface area contributed by atoms with Crippen LogP contribution in [0.3, 0.4) is 0 Å². The van der Waals surface area contributed by atoms with E-state index in [1.54, 1.807) is 0 Å². The van der Waals surface area contributed by atoms with Crippen molar-refractivity contribution < 1.29 is 23.8 Å². The zero-order valence-corrected chi connectivity index (χ0v) is 26.9. The molecule has 7 heteroatoms. The van der Waals surface area contributed by atoms with Crippen molar-refractivity contribution in [1.82, 2.24) is 5.06 Å². The van der Waals surface area contributed by atoms with Crippen LogP contribution in [0, 0.1) is 6.92 Å². The molecular formula is C37H44N3O4+. The number of hydrogen-bond donors (Lipinski definition) is 0. The van der Waals surface area contributed by atoms with Crippen molar-refractivity contribution in [2.24, 2.45) is 0 Å². The summed E-state index contributed by atoms with van der Waals surface area (Å²) in [5, 5.41) is 0.627. The molecule has 0 aliphatic carbocycles. The normalized spacial score (nSPS) is 21.8. The Morgan fingerprint density at radius 3 is 2.41 bits per heavy atom. The van der Waals surface area contributed by atoms with Gasteiger partial charge >= 0.3 is 5.97 Å². The number of aryl methyl sites for hydroxylation is 1. The molecule has 3 heterocycles. The Bertz CT molecular complexity index is 1600. The van der Waals surface area contributed by atoms with Crippen LogP contribution in [-0.2, 0) is 30.1 Å². The second-order valence-electron chi connectivity index (χ2n) is 12.6. The van der Waals surface area contributed by atoms with Gasteiger partial charge in [-0.2, -0.15) is 4.58 Å². The Balaban J connectivity index is 1.34. The fraction of sp³-hybridized carbons (Fsp3) is 0.405. The summed E-state index contributed by atoms with van der Waals surface area (Å²) in [5.41, 5.74) is 8.40. The van der Waals surface area contributed by atoms with Gasteiger partial charge < -0.3 is 9.74 Å². The summed E-state index contributed by atoms with van der Waals surface area (Å²) in [6.45, 7) is 15.0. The molecule has 1 atom stereocenters. The molecule has 0 N–H and O–H groups in total. The molecule has 0 aromatic heterocycles. The van der Waals surface area contributed by atoms with E-state index in [4.69, 9.17) is 4.84 Å². The molecule has 44 heavy (non-hydrogen) atoms. The number of imide groups is 1. The third-order valence-electron chi connectivity index (χ3n) is 9.31. The standard InChI is InChI=1S/C37H44N3O4/c1-7-38-30-21-20-26(3)25-28(30)36(4,5)31(38)17-10-9-11-18-32-37(6,27-15-12-13-16-29(27)39(32)8-2)24-14-19-35(43)44-40-33(41)22-23-34(40)42/h9-13,15-18,20-21,25H,7-8,14,19,22-24H2,1-6H3/q+1. The second-order valence-corrected chi connectivity index (χ2v) is 12.6. The van der Waals surface area contributed by atoms with Gasteiger partial charge in [-0.25, -0.2) is 4.79 Å². The number of hydroxylamine groups is 2. The minimum Gasteiger partial charge on any atom is -0.344 e. The topological polar surface area (TPSA) is 69.9 Å². The lowest BCUT2D eigenvalue weighted by Crippen LogP contribution is -2.32. The highest BCUT2D eigenvalue weighted by molar-refractivity contribution is 6.03. The zero-order valence-electron chi connectivity index (χ0n) is 26.9. The zero-order chi connectivity index (χ0) is 31.6. The molecule has 1 unspecified atom stereocenters. The molecule has 3 aliphatic heterocycles. The van der Waals surface area contributed by atoms with Crippen LogP contribution in [0.4, 0.5) is 11.4 Å². The molecule has 230 valence electrons. The van der Waals surface area contributed by atoms with Crippen LogP contribution in [0.1, 0.15) is 83.4 Å². The minimum absolute atomic E-state index is 0.0820. The van der Waals surface area contributed by atoms with Gasteiger partial charge in [-0.1, -0.05) is 48.1 Å². The first-order chi connectivity index (χ1) is 21.0. The maximum absolute atomic E-state index is 12.5. The van der Waals surface area contributed by atoms with E-state index in [-0.39, 0.29) is 30.1 Å². The number of allylic oxidation sites excluding steroid dienone is 6. The van der Waals surface area contributed by atoms with Gasteiger partial charge in [0.05, 0.1) is 5.41 Å². The monoisotopic (exact) mass is 594 g/mol. The second kappa shape index (κ2) is 12.4. The van der Waals surface area contributed by atoms with Crippen molar-refractivity contribution in [2.75, 3.05) is 18.0 Å². The predicted octanol–water partition coefficient (Wildman–Crippen LogP) is 6.96. The SMILES string of the molecule is CCN1/C(=C/C=C/C=C/C2=[N+](CC)c3ccc(C)cc3C2(C)C)C(C)(CCCC(=O)ON2C(=O)CCC2=O)c2ccccc21. The number of likely N-dealkylation sites (N-methyl/N-ethyl adjacent to an activating group) is 1. The molecule has 0 saturated carbocycles. The maximum Gasteiger partial charge on any atom is 0.333 e. The number of anilines is 1. The van der Waals surface area contributed by atoms with Crippen LogP contribution in [0.25, 0.3) is 0 Å². The highest BCUT2D eigenvalue weighted by Crippen LogP contribution is 2.50. The summed E-state index contributed by atoms with van der Waals surface area (Å²) in [6.07, 6.45) is 12.3. The van der Waals surface area contributed by atoms with E-state index in [2.05, 4.69) is 124 Å². The minimum atomic E-state index is -0.558. The van der Waals surface area contributed by atoms with Crippen molar-refractivity contribution in [1.29, 1.82) is 0 Å². The third kappa shape index (κ3) is 5.56. The van der Waals surface area contributed by atoms with Gasteiger partial charge in [-0.3, -0.25) is 9.59 Å². The number of rotatable bonds is 10. The number of hydrogen-bond acceptors (Lipinski definition) is 5. The van der Waals surface area contributed by atoms with Gasteiger partial charge in [-0.05, 0) is 78.2 Å². The summed E-state index contributed by atoms with van der Waals surface area (Å²) < 4.78 is 2.40. The Morgan fingerprint density at radius 2 is 1.70 bits per heavy atom. The summed E-state index contributed by atoms with van der Waals surface area (Å²) in [5.74, 6) is -1.47. The maximum atomic E-state index is 12.5. The summed E-state index contributed by atoms with van der Waals surface area (Å²) in [6, 6.07) is 15.2. The van der Waals surface area contributed by atoms with Crippen LogP contribution >= 0.6 is 0 Å². The van der Waals surface area contributed by atoms with E-state index in [9.17, 15) is 14.4 Å². The largest absolute Gasteiger partial charge is 0.344 e. The molecular weight excluding hydrogens is 550 g/mol. The molecule has 0 spiro atoms. The molecule has 7 nitrogen and oxygen atoms in total. The first-order valence-electron chi connectivity index (χ1n) is 15.8. The molecule has 2 amide bonds. The molecule has 5 rings (SSSR count). The first-order valence-corrected chi connectivity index (χ1v) is 15.8. The molecule has 1 saturated heterocycles. The van der Waals surface area contributed by atoms with E-state index in [1.165, 1.54) is 39.5 Å². The molecule has 0 bridgehead atoms. The van der Waals surface area contributed by atoms with Gasteiger partial charge in [0.25, 0.3) is 11.8 Å². The van der Waals surface area contributed by atoms with Crippen LogP contribution in [-0.4, -0.2) is 46.2 Å². The van der Waals surface area contributed by atoms with Gasteiger partial charge in [-0.15, -0.1) is 5.06 Å². The quantitative estimate of drug-likeness (QED) is 0.169. The van der Waals surface area contributed by atoms with Gasteiger partial charge in [0.2, 0.25) is 5.69 Å². The first kappa shape index (κ1) is 31.2. The molecule has 2 aromatic rings.